The molecule has 0 radical (unpaired) electrons. The molecule has 0 aliphatic rings. The third kappa shape index (κ3) is 5.42. The van der Waals surface area contributed by atoms with Crippen molar-refractivity contribution in [2.45, 2.75) is 13.1 Å². The molecule has 0 unspecified atom stereocenters. The topological polar surface area (TPSA) is 74.0 Å². The van der Waals surface area contributed by atoms with Crippen LogP contribution in [0.25, 0.3) is 4.96 Å². The van der Waals surface area contributed by atoms with Crippen LogP contribution in [0, 0.1) is 0 Å². The van der Waals surface area contributed by atoms with Crippen LogP contribution in [-0.2, 0) is 13.1 Å². The number of nitrogens with zero attached hydrogens (tertiary/aromatic N) is 4. The number of imidazole rings is 1. The van der Waals surface area contributed by atoms with Gasteiger partial charge in [-0.05, 0) is 17.7 Å². The fraction of sp³-hybridized carbons (Fsp3) is 0.278. The standard InChI is InChI=1S/C18H22N6OS.HI/c1-19-17(21-11-15-12-24-8-9-26-18(24)22-15)20-10-13-4-6-14(7-5-13)16(25)23(2)3;/h4-9,12H,10-11H2,1-3H3,(H2,19,20,21);1H. The van der Waals surface area contributed by atoms with Crippen molar-refractivity contribution in [3.05, 3.63) is 58.9 Å². The van der Waals surface area contributed by atoms with Gasteiger partial charge in [0.15, 0.2) is 10.9 Å². The second-order valence-corrected chi connectivity index (χ2v) is 6.87. The second-order valence-electron chi connectivity index (χ2n) is 6.00. The van der Waals surface area contributed by atoms with Crippen molar-refractivity contribution in [3.8, 4) is 0 Å². The molecule has 0 bridgehead atoms. The summed E-state index contributed by atoms with van der Waals surface area (Å²) in [6, 6.07) is 7.57. The number of rotatable bonds is 5. The summed E-state index contributed by atoms with van der Waals surface area (Å²) < 4.78 is 2.01. The van der Waals surface area contributed by atoms with Gasteiger partial charge in [0, 0.05) is 51.0 Å². The van der Waals surface area contributed by atoms with E-state index in [1.807, 2.05) is 46.4 Å². The maximum Gasteiger partial charge on any atom is 0.253 e. The summed E-state index contributed by atoms with van der Waals surface area (Å²) >= 11 is 1.61. The Morgan fingerprint density at radius 2 is 1.93 bits per heavy atom. The Hall–Kier alpha value is -2.14. The van der Waals surface area contributed by atoms with Crippen LogP contribution in [0.3, 0.4) is 0 Å². The van der Waals surface area contributed by atoms with Gasteiger partial charge in [-0.1, -0.05) is 12.1 Å². The largest absolute Gasteiger partial charge is 0.352 e. The Morgan fingerprint density at radius 3 is 2.56 bits per heavy atom. The number of carbonyl (C=O) groups excluding carboxylic acids is 1. The quantitative estimate of drug-likeness (QED) is 0.322. The van der Waals surface area contributed by atoms with E-state index < -0.39 is 0 Å². The van der Waals surface area contributed by atoms with E-state index in [1.165, 1.54) is 0 Å². The minimum Gasteiger partial charge on any atom is -0.352 e. The van der Waals surface area contributed by atoms with E-state index in [0.717, 1.165) is 16.2 Å². The Balaban J connectivity index is 0.00000261. The molecule has 2 aromatic heterocycles. The molecule has 3 rings (SSSR count). The lowest BCUT2D eigenvalue weighted by Gasteiger charge is -2.12. The molecule has 3 aromatic rings. The first kappa shape index (κ1) is 21.2. The van der Waals surface area contributed by atoms with Crippen LogP contribution in [0.1, 0.15) is 21.6 Å². The number of thiazole rings is 1. The highest BCUT2D eigenvalue weighted by Crippen LogP contribution is 2.11. The van der Waals surface area contributed by atoms with Crippen molar-refractivity contribution in [2.24, 2.45) is 4.99 Å². The molecule has 0 spiro atoms. The fourth-order valence-electron chi connectivity index (χ4n) is 2.47. The zero-order valence-electron chi connectivity index (χ0n) is 15.5. The van der Waals surface area contributed by atoms with Gasteiger partial charge >= 0.3 is 0 Å². The van der Waals surface area contributed by atoms with Crippen LogP contribution in [0.4, 0.5) is 0 Å². The molecule has 0 saturated carbocycles. The Morgan fingerprint density at radius 1 is 1.22 bits per heavy atom. The van der Waals surface area contributed by atoms with Gasteiger partial charge in [-0.3, -0.25) is 14.2 Å². The summed E-state index contributed by atoms with van der Waals surface area (Å²) in [7, 11) is 5.23. The normalized spacial score (nSPS) is 11.1. The first-order valence-electron chi connectivity index (χ1n) is 8.23. The molecular formula is C18H23IN6OS. The van der Waals surface area contributed by atoms with E-state index in [2.05, 4.69) is 20.6 Å². The van der Waals surface area contributed by atoms with Gasteiger partial charge in [-0.2, -0.15) is 0 Å². The van der Waals surface area contributed by atoms with Crippen LogP contribution < -0.4 is 10.6 Å². The zero-order chi connectivity index (χ0) is 18.5. The number of halogens is 1. The molecule has 2 N–H and O–H groups in total. The lowest BCUT2D eigenvalue weighted by atomic mass is 10.1. The zero-order valence-corrected chi connectivity index (χ0v) is 18.6. The number of amides is 1. The predicted molar refractivity (Wildman–Crippen MR) is 120 cm³/mol. The van der Waals surface area contributed by atoms with Crippen molar-refractivity contribution in [1.82, 2.24) is 24.9 Å². The number of hydrogen-bond acceptors (Lipinski definition) is 4. The molecule has 1 aromatic carbocycles. The number of hydrogen-bond donors (Lipinski definition) is 2. The van der Waals surface area contributed by atoms with Gasteiger partial charge in [-0.25, -0.2) is 4.98 Å². The molecule has 0 saturated heterocycles. The highest BCUT2D eigenvalue weighted by Gasteiger charge is 2.08. The molecule has 2 heterocycles. The third-order valence-electron chi connectivity index (χ3n) is 3.87. The average Bonchev–Trinajstić information content (AvgIpc) is 3.23. The molecule has 9 heteroatoms. The molecule has 7 nitrogen and oxygen atoms in total. The number of aliphatic imine (C=N–C) groups is 1. The predicted octanol–water partition coefficient (Wildman–Crippen LogP) is 2.58. The molecule has 27 heavy (non-hydrogen) atoms. The van der Waals surface area contributed by atoms with E-state index in [4.69, 9.17) is 0 Å². The lowest BCUT2D eigenvalue weighted by molar-refractivity contribution is 0.0827. The number of nitrogens with one attached hydrogen (secondary N) is 2. The van der Waals surface area contributed by atoms with Crippen molar-refractivity contribution >= 4 is 52.1 Å². The summed E-state index contributed by atoms with van der Waals surface area (Å²) in [5.74, 6) is 0.705. The van der Waals surface area contributed by atoms with Gasteiger partial charge in [0.05, 0.1) is 12.2 Å². The molecule has 0 fully saturated rings. The molecule has 144 valence electrons. The average molecular weight is 498 g/mol. The molecule has 0 atom stereocenters. The smallest absolute Gasteiger partial charge is 0.253 e. The highest BCUT2D eigenvalue weighted by atomic mass is 127. The fourth-order valence-corrected chi connectivity index (χ4v) is 3.18. The van der Waals surface area contributed by atoms with Gasteiger partial charge in [0.1, 0.15) is 0 Å². The maximum atomic E-state index is 11.9. The van der Waals surface area contributed by atoms with Crippen molar-refractivity contribution in [2.75, 3.05) is 21.1 Å². The number of benzene rings is 1. The lowest BCUT2D eigenvalue weighted by Crippen LogP contribution is -2.36. The van der Waals surface area contributed by atoms with Gasteiger partial charge in [0.25, 0.3) is 5.91 Å². The minimum atomic E-state index is 0. The van der Waals surface area contributed by atoms with Gasteiger partial charge in [-0.15, -0.1) is 35.3 Å². The summed E-state index contributed by atoms with van der Waals surface area (Å²) in [6.07, 6.45) is 4.00. The number of aromatic nitrogens is 2. The van der Waals surface area contributed by atoms with Crippen molar-refractivity contribution < 1.29 is 4.79 Å². The first-order chi connectivity index (χ1) is 12.6. The Labute approximate surface area is 179 Å². The summed E-state index contributed by atoms with van der Waals surface area (Å²) in [4.78, 5) is 23.2. The number of guanidine groups is 1. The summed E-state index contributed by atoms with van der Waals surface area (Å²) in [5.41, 5.74) is 2.72. The second kappa shape index (κ2) is 9.70. The summed E-state index contributed by atoms with van der Waals surface area (Å²) in [6.45, 7) is 1.22. The first-order valence-corrected chi connectivity index (χ1v) is 9.11. The van der Waals surface area contributed by atoms with Crippen LogP contribution in [0.5, 0.6) is 0 Å². The third-order valence-corrected chi connectivity index (χ3v) is 4.64. The van der Waals surface area contributed by atoms with E-state index >= 15 is 0 Å². The minimum absolute atomic E-state index is 0. The molecule has 0 aliphatic carbocycles. The van der Waals surface area contributed by atoms with Crippen LogP contribution >= 0.6 is 35.3 Å². The SMILES string of the molecule is CN=C(NCc1ccc(C(=O)N(C)C)cc1)NCc1cn2ccsc2n1.I. The van der Waals surface area contributed by atoms with E-state index in [9.17, 15) is 4.79 Å². The number of fused-ring (bicyclic) bond motifs is 1. The molecule has 0 aliphatic heterocycles. The molecular weight excluding hydrogens is 475 g/mol. The van der Waals surface area contributed by atoms with Gasteiger partial charge in [0.2, 0.25) is 0 Å². The van der Waals surface area contributed by atoms with Crippen molar-refractivity contribution in [1.29, 1.82) is 0 Å². The van der Waals surface area contributed by atoms with Crippen LogP contribution in [0.2, 0.25) is 0 Å². The van der Waals surface area contributed by atoms with Crippen molar-refractivity contribution in [3.63, 3.8) is 0 Å². The maximum absolute atomic E-state index is 11.9. The Bertz CT molecular complexity index is 887. The van der Waals surface area contributed by atoms with E-state index in [1.54, 1.807) is 37.4 Å². The van der Waals surface area contributed by atoms with E-state index in [0.29, 0.717) is 24.6 Å². The van der Waals surface area contributed by atoms with Crippen LogP contribution in [0.15, 0.2) is 47.0 Å². The molecule has 1 amide bonds. The van der Waals surface area contributed by atoms with E-state index in [-0.39, 0.29) is 29.9 Å². The monoisotopic (exact) mass is 498 g/mol. The van der Waals surface area contributed by atoms with Gasteiger partial charge < -0.3 is 15.5 Å². The highest BCUT2D eigenvalue weighted by molar-refractivity contribution is 14.0. The number of carbonyl (C=O) groups is 1. The van der Waals surface area contributed by atoms with Crippen LogP contribution in [-0.4, -0.2) is 47.3 Å². The Kier molecular flexibility index (Phi) is 7.60. The summed E-state index contributed by atoms with van der Waals surface area (Å²) in [5, 5.41) is 8.54.